The minimum atomic E-state index is 0.838. The van der Waals surface area contributed by atoms with Crippen LogP contribution in [0.15, 0.2) is 67.3 Å². The van der Waals surface area contributed by atoms with Gasteiger partial charge in [-0.3, -0.25) is 9.88 Å². The van der Waals surface area contributed by atoms with Gasteiger partial charge >= 0.3 is 0 Å². The summed E-state index contributed by atoms with van der Waals surface area (Å²) in [4.78, 5) is 13.5. The Hall–Kier alpha value is -2.50. The molecule has 2 heterocycles. The maximum atomic E-state index is 4.49. The molecule has 1 aromatic carbocycles. The van der Waals surface area contributed by atoms with E-state index < -0.39 is 0 Å². The predicted octanol–water partition coefficient (Wildman–Crippen LogP) is 2.89. The molecule has 0 aliphatic carbocycles. The minimum Gasteiger partial charge on any atom is -0.329 e. The fraction of sp³-hybridized carbons (Fsp3) is 0.333. The van der Waals surface area contributed by atoms with E-state index in [0.29, 0.717) is 0 Å². The number of rotatable bonds is 9. The molecular weight excluding hydrogens is 322 g/mol. The molecule has 136 valence electrons. The lowest BCUT2D eigenvalue weighted by Crippen LogP contribution is -2.32. The normalized spacial score (nSPS) is 11.4. The molecular formula is C21H27N5. The van der Waals surface area contributed by atoms with Crippen LogP contribution in [0.25, 0.3) is 0 Å². The maximum Gasteiger partial charge on any atom is 0.0951 e. The molecule has 0 saturated carbocycles. The summed E-state index contributed by atoms with van der Waals surface area (Å²) < 4.78 is 2.23. The number of imidazole rings is 1. The lowest BCUT2D eigenvalue weighted by Gasteiger charge is -2.24. The second-order valence-electron chi connectivity index (χ2n) is 6.83. The molecule has 0 amide bonds. The SMILES string of the molecule is CN(C)CCN(Cc1ccccn1)Cc1cncn1Cc1ccccc1. The molecule has 2 aromatic heterocycles. The molecule has 26 heavy (non-hydrogen) atoms. The van der Waals surface area contributed by atoms with Crippen molar-refractivity contribution in [3.8, 4) is 0 Å². The first-order valence-corrected chi connectivity index (χ1v) is 9.00. The van der Waals surface area contributed by atoms with E-state index in [-0.39, 0.29) is 0 Å². The van der Waals surface area contributed by atoms with E-state index in [0.717, 1.165) is 38.4 Å². The highest BCUT2D eigenvalue weighted by atomic mass is 15.2. The van der Waals surface area contributed by atoms with Gasteiger partial charge in [-0.1, -0.05) is 36.4 Å². The Bertz CT molecular complexity index is 767. The standard InChI is InChI=1S/C21H27N5/c1-24(2)12-13-25(16-20-10-6-7-11-23-20)17-21-14-22-18-26(21)15-19-8-4-3-5-9-19/h3-11,14,18H,12-13,15-17H2,1-2H3. The van der Waals surface area contributed by atoms with E-state index in [1.54, 1.807) is 0 Å². The quantitative estimate of drug-likeness (QED) is 0.595. The molecule has 0 aliphatic heterocycles. The van der Waals surface area contributed by atoms with Crippen LogP contribution >= 0.6 is 0 Å². The first kappa shape index (κ1) is 18.3. The average Bonchev–Trinajstić information content (AvgIpc) is 3.08. The van der Waals surface area contributed by atoms with Crippen LogP contribution in [0.5, 0.6) is 0 Å². The van der Waals surface area contributed by atoms with Crippen molar-refractivity contribution in [2.75, 3.05) is 27.2 Å². The predicted molar refractivity (Wildman–Crippen MR) is 105 cm³/mol. The summed E-state index contributed by atoms with van der Waals surface area (Å²) >= 11 is 0. The number of aromatic nitrogens is 3. The zero-order valence-corrected chi connectivity index (χ0v) is 15.6. The molecule has 0 fully saturated rings. The van der Waals surface area contributed by atoms with Gasteiger partial charge in [0.1, 0.15) is 0 Å². The third kappa shape index (κ3) is 5.51. The maximum absolute atomic E-state index is 4.49. The van der Waals surface area contributed by atoms with Gasteiger partial charge in [-0.05, 0) is 31.8 Å². The van der Waals surface area contributed by atoms with Crippen molar-refractivity contribution in [1.82, 2.24) is 24.3 Å². The second kappa shape index (κ2) is 9.27. The van der Waals surface area contributed by atoms with Crippen molar-refractivity contribution >= 4 is 0 Å². The van der Waals surface area contributed by atoms with E-state index >= 15 is 0 Å². The Kier molecular flexibility index (Phi) is 6.52. The van der Waals surface area contributed by atoms with Crippen LogP contribution in [-0.2, 0) is 19.6 Å². The molecule has 0 unspecified atom stereocenters. The third-order valence-corrected chi connectivity index (χ3v) is 4.36. The molecule has 0 saturated heterocycles. The van der Waals surface area contributed by atoms with Crippen molar-refractivity contribution < 1.29 is 0 Å². The summed E-state index contributed by atoms with van der Waals surface area (Å²) in [5, 5.41) is 0. The van der Waals surface area contributed by atoms with Crippen LogP contribution in [0.3, 0.4) is 0 Å². The van der Waals surface area contributed by atoms with Gasteiger partial charge < -0.3 is 9.47 Å². The van der Waals surface area contributed by atoms with Crippen LogP contribution in [0, 0.1) is 0 Å². The summed E-state index contributed by atoms with van der Waals surface area (Å²) in [6.45, 7) is 4.55. The number of nitrogens with zero attached hydrogens (tertiary/aromatic N) is 5. The van der Waals surface area contributed by atoms with Gasteiger partial charge in [-0.2, -0.15) is 0 Å². The highest BCUT2D eigenvalue weighted by molar-refractivity contribution is 5.16. The van der Waals surface area contributed by atoms with Gasteiger partial charge in [0.25, 0.3) is 0 Å². The van der Waals surface area contributed by atoms with Gasteiger partial charge in [0, 0.05) is 45.1 Å². The number of pyridine rings is 1. The first-order valence-electron chi connectivity index (χ1n) is 9.00. The van der Waals surface area contributed by atoms with E-state index in [1.165, 1.54) is 11.3 Å². The smallest absolute Gasteiger partial charge is 0.0951 e. The summed E-state index contributed by atoms with van der Waals surface area (Å²) in [5.74, 6) is 0. The molecule has 0 N–H and O–H groups in total. The molecule has 3 aromatic rings. The number of likely N-dealkylation sites (N-methyl/N-ethyl adjacent to an activating group) is 1. The highest BCUT2D eigenvalue weighted by Gasteiger charge is 2.12. The summed E-state index contributed by atoms with van der Waals surface area (Å²) in [5.41, 5.74) is 3.61. The zero-order valence-electron chi connectivity index (χ0n) is 15.6. The number of hydrogen-bond acceptors (Lipinski definition) is 4. The molecule has 0 spiro atoms. The molecule has 5 nitrogen and oxygen atoms in total. The van der Waals surface area contributed by atoms with Crippen molar-refractivity contribution in [3.63, 3.8) is 0 Å². The van der Waals surface area contributed by atoms with Gasteiger partial charge in [0.2, 0.25) is 0 Å². The summed E-state index contributed by atoms with van der Waals surface area (Å²) in [7, 11) is 4.22. The van der Waals surface area contributed by atoms with E-state index in [1.807, 2.05) is 36.9 Å². The van der Waals surface area contributed by atoms with Gasteiger partial charge in [-0.25, -0.2) is 4.98 Å². The monoisotopic (exact) mass is 349 g/mol. The average molecular weight is 349 g/mol. The zero-order chi connectivity index (χ0) is 18.2. The summed E-state index contributed by atoms with van der Waals surface area (Å²) in [6.07, 6.45) is 5.76. The topological polar surface area (TPSA) is 37.2 Å². The Labute approximate surface area is 155 Å². The summed E-state index contributed by atoms with van der Waals surface area (Å²) in [6, 6.07) is 16.6. The van der Waals surface area contributed by atoms with Gasteiger partial charge in [-0.15, -0.1) is 0 Å². The number of hydrogen-bond donors (Lipinski definition) is 0. The van der Waals surface area contributed by atoms with Crippen LogP contribution in [0.1, 0.15) is 17.0 Å². The van der Waals surface area contributed by atoms with Gasteiger partial charge in [0.05, 0.1) is 17.7 Å². The molecule has 0 aliphatic rings. The Morgan fingerprint density at radius 1 is 0.923 bits per heavy atom. The Morgan fingerprint density at radius 2 is 1.73 bits per heavy atom. The van der Waals surface area contributed by atoms with E-state index in [2.05, 4.69) is 68.8 Å². The van der Waals surface area contributed by atoms with Crippen molar-refractivity contribution in [2.24, 2.45) is 0 Å². The van der Waals surface area contributed by atoms with E-state index in [4.69, 9.17) is 0 Å². The lowest BCUT2D eigenvalue weighted by molar-refractivity contribution is 0.219. The number of benzene rings is 1. The van der Waals surface area contributed by atoms with Crippen molar-refractivity contribution in [1.29, 1.82) is 0 Å². The molecule has 0 radical (unpaired) electrons. The minimum absolute atomic E-state index is 0.838. The fourth-order valence-electron chi connectivity index (χ4n) is 2.91. The third-order valence-electron chi connectivity index (χ3n) is 4.36. The largest absolute Gasteiger partial charge is 0.329 e. The Balaban J connectivity index is 1.71. The van der Waals surface area contributed by atoms with Gasteiger partial charge in [0.15, 0.2) is 0 Å². The van der Waals surface area contributed by atoms with Crippen LogP contribution in [-0.4, -0.2) is 51.5 Å². The van der Waals surface area contributed by atoms with Crippen molar-refractivity contribution in [2.45, 2.75) is 19.6 Å². The van der Waals surface area contributed by atoms with Crippen LogP contribution < -0.4 is 0 Å². The van der Waals surface area contributed by atoms with Crippen molar-refractivity contribution in [3.05, 3.63) is 84.2 Å². The molecule has 0 atom stereocenters. The lowest BCUT2D eigenvalue weighted by atomic mass is 10.2. The first-order chi connectivity index (χ1) is 12.7. The molecule has 0 bridgehead atoms. The van der Waals surface area contributed by atoms with E-state index in [9.17, 15) is 0 Å². The Morgan fingerprint density at radius 3 is 2.46 bits per heavy atom. The highest BCUT2D eigenvalue weighted by Crippen LogP contribution is 2.11. The van der Waals surface area contributed by atoms with Crippen LogP contribution in [0.4, 0.5) is 0 Å². The molecule has 3 rings (SSSR count). The molecule has 5 heteroatoms. The van der Waals surface area contributed by atoms with Crippen LogP contribution in [0.2, 0.25) is 0 Å². The fourth-order valence-corrected chi connectivity index (χ4v) is 2.91. The second-order valence-corrected chi connectivity index (χ2v) is 6.83.